The molecular weight excluding hydrogens is 325 g/mol. The highest BCUT2D eigenvalue weighted by Gasteiger charge is 2.36. The van der Waals surface area contributed by atoms with Crippen LogP contribution in [0.1, 0.15) is 12.5 Å². The number of aliphatic hydroxyl groups excluding tert-OH is 1. The Morgan fingerprint density at radius 3 is 2.74 bits per heavy atom. The molecule has 23 heavy (non-hydrogen) atoms. The van der Waals surface area contributed by atoms with Gasteiger partial charge in [-0.15, -0.1) is 0 Å². The van der Waals surface area contributed by atoms with Crippen LogP contribution in [0.5, 0.6) is 0 Å². The van der Waals surface area contributed by atoms with Gasteiger partial charge in [0, 0.05) is 12.6 Å². The number of hydrogen-bond acceptors (Lipinski definition) is 8. The van der Waals surface area contributed by atoms with Crippen molar-refractivity contribution in [3.63, 3.8) is 0 Å². The van der Waals surface area contributed by atoms with Gasteiger partial charge in [0.2, 0.25) is 5.95 Å². The Balaban J connectivity index is 1.92. The number of likely N-dealkylation sites (tertiary alicyclic amines) is 1. The molecule has 0 bridgehead atoms. The molecule has 11 nitrogen and oxygen atoms in total. The number of hydrogen-bond donors (Lipinski definition) is 5. The van der Waals surface area contributed by atoms with Crippen molar-refractivity contribution in [2.24, 2.45) is 0 Å². The topological polar surface area (TPSA) is 177 Å². The van der Waals surface area contributed by atoms with Crippen LogP contribution in [0.2, 0.25) is 0 Å². The summed E-state index contributed by atoms with van der Waals surface area (Å²) in [4.78, 5) is 32.1. The maximum Gasteiger partial charge on any atom is 0.339 e. The summed E-state index contributed by atoms with van der Waals surface area (Å²) in [5.74, 6) is 0.204. The van der Waals surface area contributed by atoms with E-state index in [2.05, 4.69) is 15.0 Å². The van der Waals surface area contributed by atoms with E-state index in [1.165, 1.54) is 0 Å². The van der Waals surface area contributed by atoms with E-state index in [1.807, 2.05) is 0 Å². The van der Waals surface area contributed by atoms with Crippen LogP contribution in [0.25, 0.3) is 11.2 Å². The fourth-order valence-electron chi connectivity index (χ4n) is 2.98. The highest BCUT2D eigenvalue weighted by atomic mass is 31.2. The van der Waals surface area contributed by atoms with Gasteiger partial charge in [0.1, 0.15) is 11.8 Å². The van der Waals surface area contributed by atoms with Gasteiger partial charge in [0.15, 0.2) is 11.5 Å². The summed E-state index contributed by atoms with van der Waals surface area (Å²) < 4.78 is 13.0. The molecule has 126 valence electrons. The molecule has 7 N–H and O–H groups in total. The lowest BCUT2D eigenvalue weighted by atomic mass is 10.2. The minimum Gasteiger partial charge on any atom is -0.395 e. The monoisotopic (exact) mass is 343 g/mol. The predicted octanol–water partition coefficient (Wildman–Crippen LogP) is -1.27. The van der Waals surface area contributed by atoms with E-state index in [1.54, 1.807) is 15.8 Å². The predicted molar refractivity (Wildman–Crippen MR) is 82.3 cm³/mol. The van der Waals surface area contributed by atoms with Crippen molar-refractivity contribution in [2.75, 3.05) is 30.9 Å². The van der Waals surface area contributed by atoms with Crippen LogP contribution >= 0.6 is 7.60 Å². The van der Waals surface area contributed by atoms with Crippen molar-refractivity contribution in [2.45, 2.75) is 18.5 Å². The molecule has 2 aromatic heterocycles. The Bertz CT molecular complexity index is 775. The van der Waals surface area contributed by atoms with Gasteiger partial charge in [0.05, 0.1) is 19.0 Å². The summed E-state index contributed by atoms with van der Waals surface area (Å²) in [6, 6.07) is -0.501. The zero-order chi connectivity index (χ0) is 16.8. The molecule has 1 aliphatic rings. The molecule has 0 aromatic carbocycles. The Kier molecular flexibility index (Phi) is 3.98. The van der Waals surface area contributed by atoms with Crippen molar-refractivity contribution in [3.8, 4) is 0 Å². The highest BCUT2D eigenvalue weighted by molar-refractivity contribution is 7.51. The lowest BCUT2D eigenvalue weighted by Crippen LogP contribution is -2.33. The molecule has 0 radical (unpaired) electrons. The first-order valence-electron chi connectivity index (χ1n) is 6.93. The second-order valence-electron chi connectivity index (χ2n) is 5.59. The van der Waals surface area contributed by atoms with E-state index < -0.39 is 13.9 Å². The molecule has 2 atom stereocenters. The van der Waals surface area contributed by atoms with Gasteiger partial charge in [-0.3, -0.25) is 9.46 Å². The van der Waals surface area contributed by atoms with Crippen LogP contribution in [0.15, 0.2) is 6.33 Å². The standard InChI is InChI=1S/C11H18N7O4P/c12-9-8-10(16-11(13)15-9)18(4-14-8)6-1-7(3-19)17(2-6)5-23(20,21)22/h4,6-7,19H,1-3,5H2,(H2,20,21,22)(H4,12,13,15,16)/t6-,7-/m0/s1. The Labute approximate surface area is 131 Å². The molecule has 12 heteroatoms. The van der Waals surface area contributed by atoms with E-state index in [0.717, 1.165) is 0 Å². The highest BCUT2D eigenvalue weighted by Crippen LogP contribution is 2.40. The zero-order valence-corrected chi connectivity index (χ0v) is 13.0. The summed E-state index contributed by atoms with van der Waals surface area (Å²) in [5.41, 5.74) is 12.3. The number of nitrogens with two attached hydrogens (primary N) is 2. The van der Waals surface area contributed by atoms with Gasteiger partial charge in [-0.2, -0.15) is 9.97 Å². The summed E-state index contributed by atoms with van der Waals surface area (Å²) >= 11 is 0. The van der Waals surface area contributed by atoms with E-state index in [0.29, 0.717) is 24.1 Å². The SMILES string of the molecule is Nc1nc(N)c2ncn([C@H]3C[C@@H](CO)N(CP(=O)(O)O)C3)c2n1. The van der Waals surface area contributed by atoms with Gasteiger partial charge < -0.3 is 30.9 Å². The van der Waals surface area contributed by atoms with Crippen molar-refractivity contribution >= 4 is 30.5 Å². The third kappa shape index (κ3) is 3.14. The quantitative estimate of drug-likeness (QED) is 0.421. The number of aromatic nitrogens is 4. The molecule has 0 spiro atoms. The number of aliphatic hydroxyl groups is 1. The number of nitrogens with zero attached hydrogens (tertiary/aromatic N) is 5. The molecule has 3 heterocycles. The maximum atomic E-state index is 11.2. The largest absolute Gasteiger partial charge is 0.395 e. The van der Waals surface area contributed by atoms with E-state index in [4.69, 9.17) is 21.3 Å². The molecule has 1 fully saturated rings. The summed E-state index contributed by atoms with van der Waals surface area (Å²) in [6.45, 7) is 0.161. The third-order valence-electron chi connectivity index (χ3n) is 3.94. The van der Waals surface area contributed by atoms with Gasteiger partial charge in [-0.1, -0.05) is 0 Å². The molecular formula is C11H18N7O4P. The Morgan fingerprint density at radius 2 is 2.09 bits per heavy atom. The summed E-state index contributed by atoms with van der Waals surface area (Å²) in [5, 5.41) is 9.46. The van der Waals surface area contributed by atoms with Crippen LogP contribution in [0.4, 0.5) is 11.8 Å². The van der Waals surface area contributed by atoms with Gasteiger partial charge in [0.25, 0.3) is 0 Å². The lowest BCUT2D eigenvalue weighted by Gasteiger charge is -2.22. The van der Waals surface area contributed by atoms with Crippen molar-refractivity contribution in [1.82, 2.24) is 24.4 Å². The Hall–Kier alpha value is -1.78. The average molecular weight is 343 g/mol. The molecule has 1 saturated heterocycles. The first-order valence-corrected chi connectivity index (χ1v) is 8.73. The summed E-state index contributed by atoms with van der Waals surface area (Å²) in [7, 11) is -4.21. The van der Waals surface area contributed by atoms with E-state index in [-0.39, 0.29) is 30.5 Å². The minimum atomic E-state index is -4.21. The first kappa shape index (κ1) is 16.1. The smallest absolute Gasteiger partial charge is 0.339 e. The molecule has 0 amide bonds. The third-order valence-corrected chi connectivity index (χ3v) is 4.67. The second kappa shape index (κ2) is 5.69. The number of anilines is 2. The normalized spacial score (nSPS) is 22.9. The molecule has 3 rings (SSSR count). The Morgan fingerprint density at radius 1 is 1.35 bits per heavy atom. The maximum absolute atomic E-state index is 11.2. The summed E-state index contributed by atoms with van der Waals surface area (Å²) in [6.07, 6.45) is 1.65. The van der Waals surface area contributed by atoms with Gasteiger partial charge in [-0.25, -0.2) is 4.98 Å². The van der Waals surface area contributed by atoms with Gasteiger partial charge in [-0.05, 0) is 6.42 Å². The van der Waals surface area contributed by atoms with Crippen molar-refractivity contribution < 1.29 is 19.5 Å². The number of rotatable bonds is 4. The molecule has 0 saturated carbocycles. The minimum absolute atomic E-state index is 0.0283. The molecule has 1 aliphatic heterocycles. The number of fused-ring (bicyclic) bond motifs is 1. The lowest BCUT2D eigenvalue weighted by molar-refractivity contribution is 0.168. The van der Waals surface area contributed by atoms with Crippen molar-refractivity contribution in [3.05, 3.63) is 6.33 Å². The molecule has 2 aromatic rings. The second-order valence-corrected chi connectivity index (χ2v) is 7.21. The molecule has 0 unspecified atom stereocenters. The van der Waals surface area contributed by atoms with Crippen LogP contribution in [0.3, 0.4) is 0 Å². The zero-order valence-electron chi connectivity index (χ0n) is 12.1. The average Bonchev–Trinajstić information content (AvgIpc) is 3.00. The van der Waals surface area contributed by atoms with E-state index >= 15 is 0 Å². The van der Waals surface area contributed by atoms with Gasteiger partial charge >= 0.3 is 7.60 Å². The fourth-order valence-corrected chi connectivity index (χ4v) is 3.80. The molecule has 0 aliphatic carbocycles. The van der Waals surface area contributed by atoms with Crippen LogP contribution in [-0.4, -0.2) is 64.8 Å². The van der Waals surface area contributed by atoms with E-state index in [9.17, 15) is 9.67 Å². The first-order chi connectivity index (χ1) is 10.8. The van der Waals surface area contributed by atoms with Crippen LogP contribution in [0, 0.1) is 0 Å². The van der Waals surface area contributed by atoms with Crippen LogP contribution < -0.4 is 11.5 Å². The fraction of sp³-hybridized carbons (Fsp3) is 0.545. The van der Waals surface area contributed by atoms with Crippen LogP contribution in [-0.2, 0) is 4.57 Å². The number of nitrogen functional groups attached to an aromatic ring is 2. The number of imidazole rings is 1. The van der Waals surface area contributed by atoms with Crippen molar-refractivity contribution in [1.29, 1.82) is 0 Å².